The lowest BCUT2D eigenvalue weighted by Crippen LogP contribution is -2.31. The number of nitrogens with one attached hydrogen (secondary N) is 1. The monoisotopic (exact) mass is 433 g/mol. The summed E-state index contributed by atoms with van der Waals surface area (Å²) in [5.41, 5.74) is -13.8. The Morgan fingerprint density at radius 2 is 1.14 bits per heavy atom. The van der Waals surface area contributed by atoms with Gasteiger partial charge < -0.3 is 5.32 Å². The molecule has 1 aliphatic rings. The van der Waals surface area contributed by atoms with Gasteiger partial charge in [0.2, 0.25) is 0 Å². The van der Waals surface area contributed by atoms with Crippen molar-refractivity contribution in [3.63, 3.8) is 0 Å². The summed E-state index contributed by atoms with van der Waals surface area (Å²) in [6.07, 6.45) is -24.2. The molecule has 1 fully saturated rings. The zero-order valence-electron chi connectivity index (χ0n) is 13.7. The molecule has 1 aliphatic carbocycles. The lowest BCUT2D eigenvalue weighted by atomic mass is 9.85. The Labute approximate surface area is 149 Å². The number of halogens is 12. The van der Waals surface area contributed by atoms with Crippen LogP contribution in [0.15, 0.2) is 6.07 Å². The summed E-state index contributed by atoms with van der Waals surface area (Å²) in [5.74, 6) is -0.731. The average molecular weight is 433 g/mol. The van der Waals surface area contributed by atoms with E-state index in [9.17, 15) is 52.7 Å². The van der Waals surface area contributed by atoms with Crippen LogP contribution >= 0.6 is 0 Å². The minimum absolute atomic E-state index is 0.201. The lowest BCUT2D eigenvalue weighted by Gasteiger charge is -2.29. The second kappa shape index (κ2) is 6.70. The van der Waals surface area contributed by atoms with Crippen LogP contribution in [0.3, 0.4) is 0 Å². The molecule has 160 valence electrons. The Bertz CT molecular complexity index is 734. The zero-order chi connectivity index (χ0) is 21.9. The molecule has 0 amide bonds. The molecule has 0 heterocycles. The van der Waals surface area contributed by atoms with Gasteiger partial charge in [0.25, 0.3) is 0 Å². The van der Waals surface area contributed by atoms with Crippen LogP contribution in [-0.4, -0.2) is 7.05 Å². The minimum atomic E-state index is -6.34. The van der Waals surface area contributed by atoms with E-state index in [2.05, 4.69) is 5.32 Å². The van der Waals surface area contributed by atoms with Gasteiger partial charge in [-0.1, -0.05) is 0 Å². The predicted octanol–water partition coefficient (Wildman–Crippen LogP) is 6.43. The number of alkyl halides is 12. The van der Waals surface area contributed by atoms with Crippen molar-refractivity contribution in [2.75, 3.05) is 7.05 Å². The summed E-state index contributed by atoms with van der Waals surface area (Å²) in [5, 5.41) is 2.19. The highest BCUT2D eigenvalue weighted by atomic mass is 19.4. The third-order valence-electron chi connectivity index (χ3n) is 4.25. The van der Waals surface area contributed by atoms with Crippen molar-refractivity contribution in [1.82, 2.24) is 5.32 Å². The fourth-order valence-electron chi connectivity index (χ4n) is 3.13. The van der Waals surface area contributed by atoms with E-state index in [1.165, 1.54) is 0 Å². The Balaban J connectivity index is 3.11. The molecule has 2 rings (SSSR count). The first-order valence-electron chi connectivity index (χ1n) is 7.57. The Kier molecular flexibility index (Phi) is 5.41. The first kappa shape index (κ1) is 22.6. The summed E-state index contributed by atoms with van der Waals surface area (Å²) in [7, 11) is 1.00. The molecule has 0 saturated heterocycles. The van der Waals surface area contributed by atoms with Crippen LogP contribution in [0.1, 0.15) is 46.7 Å². The van der Waals surface area contributed by atoms with E-state index in [0.29, 0.717) is 0 Å². The number of benzene rings is 1. The molecule has 0 bridgehead atoms. The van der Waals surface area contributed by atoms with Crippen LogP contribution in [0.4, 0.5) is 52.7 Å². The van der Waals surface area contributed by atoms with Crippen molar-refractivity contribution in [2.24, 2.45) is 5.92 Å². The van der Waals surface area contributed by atoms with Gasteiger partial charge in [-0.15, -0.1) is 0 Å². The molecule has 1 saturated carbocycles. The van der Waals surface area contributed by atoms with E-state index in [4.69, 9.17) is 0 Å². The van der Waals surface area contributed by atoms with Gasteiger partial charge in [-0.2, -0.15) is 52.7 Å². The van der Waals surface area contributed by atoms with Gasteiger partial charge in [0.15, 0.2) is 0 Å². The first-order chi connectivity index (χ1) is 12.4. The summed E-state index contributed by atoms with van der Waals surface area (Å²) in [4.78, 5) is 0. The maximum atomic E-state index is 13.4. The van der Waals surface area contributed by atoms with Crippen molar-refractivity contribution in [3.05, 3.63) is 33.9 Å². The first-order valence-corrected chi connectivity index (χ1v) is 7.57. The molecule has 0 radical (unpaired) electrons. The quantitative estimate of drug-likeness (QED) is 0.542. The van der Waals surface area contributed by atoms with Gasteiger partial charge in [-0.05, 0) is 37.4 Å². The molecule has 1 atom stereocenters. The maximum Gasteiger partial charge on any atom is 0.417 e. The Hall–Kier alpha value is -1.66. The van der Waals surface area contributed by atoms with Crippen LogP contribution in [-0.2, 0) is 24.7 Å². The van der Waals surface area contributed by atoms with Crippen LogP contribution in [0.2, 0.25) is 0 Å². The average Bonchev–Trinajstić information content (AvgIpc) is 3.27. The third-order valence-corrected chi connectivity index (χ3v) is 4.25. The van der Waals surface area contributed by atoms with E-state index in [1.807, 2.05) is 0 Å². The molecular formula is C15H11F12N. The van der Waals surface area contributed by atoms with Gasteiger partial charge in [-0.25, -0.2) is 0 Å². The van der Waals surface area contributed by atoms with Crippen LogP contribution in [0.5, 0.6) is 0 Å². The molecule has 0 aliphatic heterocycles. The molecular weight excluding hydrogens is 422 g/mol. The topological polar surface area (TPSA) is 12.0 Å². The fourth-order valence-corrected chi connectivity index (χ4v) is 3.13. The van der Waals surface area contributed by atoms with Crippen molar-refractivity contribution >= 4 is 0 Å². The summed E-state index contributed by atoms with van der Waals surface area (Å²) >= 11 is 0. The maximum absolute atomic E-state index is 13.4. The highest BCUT2D eigenvalue weighted by Crippen LogP contribution is 2.54. The van der Waals surface area contributed by atoms with Crippen LogP contribution < -0.4 is 5.32 Å². The van der Waals surface area contributed by atoms with E-state index in [-0.39, 0.29) is 12.8 Å². The number of hydrogen-bond acceptors (Lipinski definition) is 1. The zero-order valence-corrected chi connectivity index (χ0v) is 13.7. The van der Waals surface area contributed by atoms with Crippen LogP contribution in [0.25, 0.3) is 0 Å². The second-order valence-corrected chi connectivity index (χ2v) is 6.23. The molecule has 1 nitrogen and oxygen atoms in total. The third kappa shape index (κ3) is 4.33. The molecule has 0 spiro atoms. The van der Waals surface area contributed by atoms with E-state index in [1.54, 1.807) is 0 Å². The van der Waals surface area contributed by atoms with Gasteiger partial charge in [0, 0.05) is 6.04 Å². The van der Waals surface area contributed by atoms with Gasteiger partial charge in [-0.3, -0.25) is 0 Å². The molecule has 1 aromatic carbocycles. The molecule has 1 N–H and O–H groups in total. The number of rotatable bonds is 3. The van der Waals surface area contributed by atoms with E-state index < -0.39 is 70.5 Å². The minimum Gasteiger partial charge on any atom is -0.313 e. The second-order valence-electron chi connectivity index (χ2n) is 6.23. The molecule has 1 unspecified atom stereocenters. The highest BCUT2D eigenvalue weighted by molar-refractivity contribution is 5.53. The fraction of sp³-hybridized carbons (Fsp3) is 0.600. The predicted molar refractivity (Wildman–Crippen MR) is 71.0 cm³/mol. The smallest absolute Gasteiger partial charge is 0.313 e. The lowest BCUT2D eigenvalue weighted by molar-refractivity contribution is -0.183. The number of hydrogen-bond donors (Lipinski definition) is 1. The summed E-state index contributed by atoms with van der Waals surface area (Å²) in [6.45, 7) is 0. The summed E-state index contributed by atoms with van der Waals surface area (Å²) < 4.78 is 159. The Morgan fingerprint density at radius 1 is 0.714 bits per heavy atom. The molecule has 1 aromatic rings. The van der Waals surface area contributed by atoms with Crippen molar-refractivity contribution in [1.29, 1.82) is 0 Å². The van der Waals surface area contributed by atoms with E-state index >= 15 is 0 Å². The molecule has 28 heavy (non-hydrogen) atoms. The van der Waals surface area contributed by atoms with E-state index in [0.717, 1.165) is 7.05 Å². The van der Waals surface area contributed by atoms with Gasteiger partial charge >= 0.3 is 24.7 Å². The van der Waals surface area contributed by atoms with Crippen molar-refractivity contribution < 1.29 is 52.7 Å². The molecule has 0 aromatic heterocycles. The van der Waals surface area contributed by atoms with Crippen LogP contribution in [0, 0.1) is 5.92 Å². The standard InChI is InChI=1S/C15H11F12N/c1-28-11(5-2-3-5)6-4-7(12(16,17)18)9(14(22,23)24)10(15(25,26)27)8(6)13(19,20)21/h4-5,11,28H,2-3H2,1H3. The normalized spacial score (nSPS) is 17.8. The Morgan fingerprint density at radius 3 is 1.43 bits per heavy atom. The van der Waals surface area contributed by atoms with Crippen molar-refractivity contribution in [3.8, 4) is 0 Å². The summed E-state index contributed by atoms with van der Waals surface area (Å²) in [6, 6.07) is -2.10. The van der Waals surface area contributed by atoms with Crippen molar-refractivity contribution in [2.45, 2.75) is 43.6 Å². The highest BCUT2D eigenvalue weighted by Gasteiger charge is 2.56. The largest absolute Gasteiger partial charge is 0.417 e. The van der Waals surface area contributed by atoms with Gasteiger partial charge in [0.05, 0.1) is 22.3 Å². The van der Waals surface area contributed by atoms with Gasteiger partial charge in [0.1, 0.15) is 0 Å². The SMILES string of the molecule is CNC(c1cc(C(F)(F)F)c(C(F)(F)F)c(C(F)(F)F)c1C(F)(F)F)C1CC1. The molecule has 13 heteroatoms.